The molecule has 1 fully saturated rings. The number of rotatable bonds is 6. The summed E-state index contributed by atoms with van der Waals surface area (Å²) in [6.07, 6.45) is 6.07. The average Bonchev–Trinajstić information content (AvgIpc) is 3.03. The summed E-state index contributed by atoms with van der Waals surface area (Å²) in [6.45, 7) is 0.365. The van der Waals surface area contributed by atoms with Gasteiger partial charge in [0.25, 0.3) is 0 Å². The number of nitrogens with zero attached hydrogens (tertiary/aromatic N) is 3. The van der Waals surface area contributed by atoms with Crippen molar-refractivity contribution in [3.63, 3.8) is 0 Å². The maximum absolute atomic E-state index is 11.1. The highest BCUT2D eigenvalue weighted by molar-refractivity contribution is 6.30. The van der Waals surface area contributed by atoms with Crippen LogP contribution >= 0.6 is 23.2 Å². The number of halogens is 2. The Balaban J connectivity index is 1.72. The van der Waals surface area contributed by atoms with E-state index in [0.29, 0.717) is 18.0 Å². The second-order valence-electron chi connectivity index (χ2n) is 5.72. The van der Waals surface area contributed by atoms with E-state index < -0.39 is 10.5 Å². The summed E-state index contributed by atoms with van der Waals surface area (Å²) in [5, 5.41) is 15.8. The third kappa shape index (κ3) is 3.23. The molecule has 1 N–H and O–H groups in total. The number of aryl methyl sites for hydroxylation is 1. The van der Waals surface area contributed by atoms with E-state index in [0.717, 1.165) is 24.8 Å². The lowest BCUT2D eigenvalue weighted by Gasteiger charge is -2.33. The summed E-state index contributed by atoms with van der Waals surface area (Å²) in [6, 6.07) is 7.68. The van der Waals surface area contributed by atoms with Crippen LogP contribution in [0.15, 0.2) is 36.9 Å². The molecule has 1 aliphatic carbocycles. The Morgan fingerprint density at radius 2 is 2.00 bits per heavy atom. The second kappa shape index (κ2) is 5.59. The zero-order valence-electron chi connectivity index (χ0n) is 11.5. The fraction of sp³-hybridized carbons (Fsp3) is 0.467. The van der Waals surface area contributed by atoms with Gasteiger partial charge in [0, 0.05) is 5.02 Å². The van der Waals surface area contributed by atoms with Crippen LogP contribution < -0.4 is 0 Å². The van der Waals surface area contributed by atoms with Crippen molar-refractivity contribution in [2.75, 3.05) is 0 Å². The normalized spacial score (nSPS) is 19.2. The summed E-state index contributed by atoms with van der Waals surface area (Å²) in [5.74, 6) is 0. The van der Waals surface area contributed by atoms with Crippen LogP contribution in [0.25, 0.3) is 0 Å². The van der Waals surface area contributed by atoms with Gasteiger partial charge in [-0.3, -0.25) is 4.68 Å². The predicted octanol–water partition coefficient (Wildman–Crippen LogP) is 3.07. The molecule has 1 atom stereocenters. The molecule has 1 heterocycles. The van der Waals surface area contributed by atoms with Gasteiger partial charge in [0.1, 0.15) is 18.3 Å². The average molecular weight is 326 g/mol. The maximum Gasteiger partial charge on any atom is 0.137 e. The van der Waals surface area contributed by atoms with Crippen molar-refractivity contribution in [2.24, 2.45) is 0 Å². The Morgan fingerprint density at radius 1 is 1.29 bits per heavy atom. The lowest BCUT2D eigenvalue weighted by Crippen LogP contribution is -2.45. The van der Waals surface area contributed by atoms with E-state index in [2.05, 4.69) is 10.1 Å². The van der Waals surface area contributed by atoms with Gasteiger partial charge in [-0.1, -0.05) is 23.7 Å². The first-order valence-electron chi connectivity index (χ1n) is 6.99. The van der Waals surface area contributed by atoms with Crippen LogP contribution in [0.4, 0.5) is 0 Å². The van der Waals surface area contributed by atoms with Crippen LogP contribution in [0, 0.1) is 0 Å². The summed E-state index contributed by atoms with van der Waals surface area (Å²) in [5.41, 5.74) is 0.152. The van der Waals surface area contributed by atoms with E-state index in [9.17, 15) is 5.11 Å². The molecule has 1 saturated carbocycles. The topological polar surface area (TPSA) is 50.9 Å². The van der Waals surface area contributed by atoms with Crippen molar-refractivity contribution in [3.8, 4) is 0 Å². The monoisotopic (exact) mass is 325 g/mol. The molecular weight excluding hydrogens is 309 g/mol. The van der Waals surface area contributed by atoms with Gasteiger partial charge in [-0.15, -0.1) is 11.6 Å². The highest BCUT2D eigenvalue weighted by Gasteiger charge is 2.57. The molecule has 0 aliphatic heterocycles. The summed E-state index contributed by atoms with van der Waals surface area (Å²) in [7, 11) is 0. The largest absolute Gasteiger partial charge is 0.386 e. The van der Waals surface area contributed by atoms with Crippen LogP contribution in [0.1, 0.15) is 24.8 Å². The van der Waals surface area contributed by atoms with E-state index in [-0.39, 0.29) is 0 Å². The molecule has 21 heavy (non-hydrogen) atoms. The van der Waals surface area contributed by atoms with Gasteiger partial charge < -0.3 is 5.11 Å². The van der Waals surface area contributed by atoms with Gasteiger partial charge >= 0.3 is 0 Å². The molecule has 3 rings (SSSR count). The Hall–Kier alpha value is -1.10. The van der Waals surface area contributed by atoms with Gasteiger partial charge in [0.15, 0.2) is 0 Å². The molecule has 0 bridgehead atoms. The van der Waals surface area contributed by atoms with Crippen molar-refractivity contribution in [1.29, 1.82) is 0 Å². The van der Waals surface area contributed by atoms with Crippen LogP contribution in [0.5, 0.6) is 0 Å². The molecule has 1 aromatic heterocycles. The van der Waals surface area contributed by atoms with Crippen molar-refractivity contribution >= 4 is 23.2 Å². The van der Waals surface area contributed by atoms with Gasteiger partial charge in [0.05, 0.1) is 11.4 Å². The smallest absolute Gasteiger partial charge is 0.137 e. The first-order chi connectivity index (χ1) is 10.0. The molecule has 4 nitrogen and oxygen atoms in total. The van der Waals surface area contributed by atoms with Crippen LogP contribution in [0.3, 0.4) is 0 Å². The van der Waals surface area contributed by atoms with Gasteiger partial charge in [-0.25, -0.2) is 4.98 Å². The van der Waals surface area contributed by atoms with Crippen molar-refractivity contribution < 1.29 is 5.11 Å². The zero-order chi connectivity index (χ0) is 14.9. The quantitative estimate of drug-likeness (QED) is 0.830. The summed E-state index contributed by atoms with van der Waals surface area (Å²) >= 11 is 12.4. The summed E-state index contributed by atoms with van der Waals surface area (Å²) in [4.78, 5) is 3.38. The highest BCUT2D eigenvalue weighted by atomic mass is 35.5. The molecule has 0 radical (unpaired) electrons. The SMILES string of the molecule is OC(CCc1ccc(Cl)cc1)(Cn1cncn1)C1(Cl)CC1. The lowest BCUT2D eigenvalue weighted by atomic mass is 9.89. The molecule has 0 amide bonds. The maximum atomic E-state index is 11.1. The number of aromatic nitrogens is 3. The van der Waals surface area contributed by atoms with E-state index in [1.807, 2.05) is 24.3 Å². The predicted molar refractivity (Wildman–Crippen MR) is 82.6 cm³/mol. The molecule has 2 aromatic rings. The number of hydrogen-bond donors (Lipinski definition) is 1. The molecule has 1 aromatic carbocycles. The minimum Gasteiger partial charge on any atom is -0.386 e. The Kier molecular flexibility index (Phi) is 3.95. The van der Waals surface area contributed by atoms with Crippen LogP contribution in [-0.4, -0.2) is 30.3 Å². The van der Waals surface area contributed by atoms with Crippen molar-refractivity contribution in [3.05, 3.63) is 47.5 Å². The van der Waals surface area contributed by atoms with E-state index >= 15 is 0 Å². The summed E-state index contributed by atoms with van der Waals surface area (Å²) < 4.78 is 1.64. The lowest BCUT2D eigenvalue weighted by molar-refractivity contribution is -0.000457. The molecule has 0 spiro atoms. The molecule has 0 saturated heterocycles. The van der Waals surface area contributed by atoms with E-state index in [1.165, 1.54) is 6.33 Å². The first kappa shape index (κ1) is 14.8. The third-order valence-electron chi connectivity index (χ3n) is 4.15. The molecule has 1 aliphatic rings. The van der Waals surface area contributed by atoms with Crippen molar-refractivity contribution in [1.82, 2.24) is 14.8 Å². The highest BCUT2D eigenvalue weighted by Crippen LogP contribution is 2.53. The number of hydrogen-bond acceptors (Lipinski definition) is 3. The fourth-order valence-electron chi connectivity index (χ4n) is 2.60. The Bertz CT molecular complexity index is 596. The van der Waals surface area contributed by atoms with Gasteiger partial charge in [0.2, 0.25) is 0 Å². The number of alkyl halides is 1. The first-order valence-corrected chi connectivity index (χ1v) is 7.75. The Labute approximate surface area is 133 Å². The minimum absolute atomic E-state index is 0.365. The zero-order valence-corrected chi connectivity index (χ0v) is 13.1. The second-order valence-corrected chi connectivity index (χ2v) is 6.88. The number of benzene rings is 1. The standard InChI is InChI=1S/C15H17Cl2N3O/c16-13-3-1-12(2-4-13)5-6-15(21,14(17)7-8-14)9-20-11-18-10-19-20/h1-4,10-11,21H,5-9H2. The molecule has 112 valence electrons. The number of aliphatic hydroxyl groups is 1. The minimum atomic E-state index is -0.984. The third-order valence-corrected chi connectivity index (χ3v) is 5.14. The Morgan fingerprint density at radius 3 is 2.57 bits per heavy atom. The molecule has 6 heteroatoms. The van der Waals surface area contributed by atoms with Crippen LogP contribution in [-0.2, 0) is 13.0 Å². The molecular formula is C15H17Cl2N3O. The van der Waals surface area contributed by atoms with Crippen LogP contribution in [0.2, 0.25) is 5.02 Å². The van der Waals surface area contributed by atoms with Crippen molar-refractivity contribution in [2.45, 2.75) is 42.7 Å². The van der Waals surface area contributed by atoms with E-state index in [4.69, 9.17) is 23.2 Å². The van der Waals surface area contributed by atoms with Gasteiger partial charge in [-0.05, 0) is 43.4 Å². The van der Waals surface area contributed by atoms with Gasteiger partial charge in [-0.2, -0.15) is 5.10 Å². The van der Waals surface area contributed by atoms with E-state index in [1.54, 1.807) is 11.0 Å². The fourth-order valence-corrected chi connectivity index (χ4v) is 2.98. The molecule has 1 unspecified atom stereocenters.